The van der Waals surface area contributed by atoms with Crippen molar-refractivity contribution in [1.29, 1.82) is 0 Å². The molecule has 164 valence electrons. The highest BCUT2D eigenvalue weighted by Gasteiger charge is 2.66. The van der Waals surface area contributed by atoms with Crippen molar-refractivity contribution in [2.24, 2.45) is 45.8 Å². The number of aliphatic hydroxyl groups excluding tert-OH is 1. The molecule has 0 aliphatic heterocycles. The summed E-state index contributed by atoms with van der Waals surface area (Å²) in [6, 6.07) is 0. The van der Waals surface area contributed by atoms with Crippen molar-refractivity contribution in [1.82, 2.24) is 5.32 Å². The minimum atomic E-state index is -0.135. The number of fused-ring (bicyclic) bond motifs is 7. The zero-order chi connectivity index (χ0) is 20.7. The van der Waals surface area contributed by atoms with Gasteiger partial charge in [-0.25, -0.2) is 0 Å². The molecule has 5 aliphatic carbocycles. The van der Waals surface area contributed by atoms with E-state index in [-0.39, 0.29) is 17.1 Å². The fraction of sp³-hybridized carbons (Fsp3) is 0.962. The minimum Gasteiger partial charge on any atom is -0.393 e. The Bertz CT molecular complexity index is 676. The number of rotatable bonds is 2. The molecule has 2 N–H and O–H groups in total. The van der Waals surface area contributed by atoms with E-state index in [0.717, 1.165) is 30.6 Å². The summed E-state index contributed by atoms with van der Waals surface area (Å²) >= 11 is 0. The maximum Gasteiger partial charge on any atom is 0.207 e. The van der Waals surface area contributed by atoms with E-state index in [1.165, 1.54) is 64.2 Å². The van der Waals surface area contributed by atoms with Gasteiger partial charge in [0, 0.05) is 5.54 Å². The largest absolute Gasteiger partial charge is 0.393 e. The lowest BCUT2D eigenvalue weighted by Crippen LogP contribution is -2.64. The first-order valence-electron chi connectivity index (χ1n) is 12.6. The fourth-order valence-electron chi connectivity index (χ4n) is 10.6. The third kappa shape index (κ3) is 2.55. The summed E-state index contributed by atoms with van der Waals surface area (Å²) < 4.78 is 0. The molecule has 0 spiro atoms. The van der Waals surface area contributed by atoms with Crippen molar-refractivity contribution in [3.63, 3.8) is 0 Å². The quantitative estimate of drug-likeness (QED) is 0.616. The Morgan fingerprint density at radius 2 is 1.55 bits per heavy atom. The first-order chi connectivity index (χ1) is 13.7. The van der Waals surface area contributed by atoms with E-state index in [9.17, 15) is 9.90 Å². The Morgan fingerprint density at radius 1 is 0.793 bits per heavy atom. The normalized spacial score (nSPS) is 55.8. The molecule has 5 saturated carbocycles. The van der Waals surface area contributed by atoms with Crippen molar-refractivity contribution in [2.45, 2.75) is 110 Å². The van der Waals surface area contributed by atoms with Gasteiger partial charge in [-0.15, -0.1) is 0 Å². The maximum absolute atomic E-state index is 11.4. The van der Waals surface area contributed by atoms with Crippen LogP contribution >= 0.6 is 0 Å². The molecule has 5 rings (SSSR count). The second kappa shape index (κ2) is 6.47. The first-order valence-corrected chi connectivity index (χ1v) is 12.6. The van der Waals surface area contributed by atoms with E-state index >= 15 is 0 Å². The van der Waals surface area contributed by atoms with Crippen LogP contribution in [0.2, 0.25) is 0 Å². The predicted octanol–water partition coefficient (Wildman–Crippen LogP) is 5.31. The monoisotopic (exact) mass is 401 g/mol. The third-order valence-electron chi connectivity index (χ3n) is 11.8. The second-order valence-electron chi connectivity index (χ2n) is 12.8. The van der Waals surface area contributed by atoms with Crippen LogP contribution in [-0.4, -0.2) is 23.2 Å². The van der Waals surface area contributed by atoms with Gasteiger partial charge < -0.3 is 10.4 Å². The number of hydrogen-bond donors (Lipinski definition) is 2. The van der Waals surface area contributed by atoms with Gasteiger partial charge in [0.1, 0.15) is 0 Å². The SMILES string of the molecule is CC1(C)C(O)CCC2(C)C1CCC1(C)C3CCC4(NC=O)CCCC4C3CCC12. The van der Waals surface area contributed by atoms with E-state index < -0.39 is 0 Å². The number of amides is 1. The van der Waals surface area contributed by atoms with Gasteiger partial charge in [0.2, 0.25) is 6.41 Å². The van der Waals surface area contributed by atoms with Crippen LogP contribution in [0.15, 0.2) is 0 Å². The Kier molecular flexibility index (Phi) is 4.54. The van der Waals surface area contributed by atoms with Crippen molar-refractivity contribution in [2.75, 3.05) is 0 Å². The third-order valence-corrected chi connectivity index (χ3v) is 11.8. The fourth-order valence-corrected chi connectivity index (χ4v) is 10.6. The van der Waals surface area contributed by atoms with Gasteiger partial charge >= 0.3 is 0 Å². The Balaban J connectivity index is 1.47. The molecular formula is C26H43NO2. The summed E-state index contributed by atoms with van der Waals surface area (Å²) in [7, 11) is 0. The molecule has 0 bridgehead atoms. The van der Waals surface area contributed by atoms with Gasteiger partial charge in [0.25, 0.3) is 0 Å². The highest BCUT2D eigenvalue weighted by atomic mass is 16.3. The molecule has 9 unspecified atom stereocenters. The summed E-state index contributed by atoms with van der Waals surface area (Å²) in [5.41, 5.74) is 0.991. The Labute approximate surface area is 177 Å². The molecule has 0 radical (unpaired) electrons. The lowest BCUT2D eigenvalue weighted by Gasteiger charge is -2.69. The van der Waals surface area contributed by atoms with Crippen LogP contribution in [0.25, 0.3) is 0 Å². The average molecular weight is 402 g/mol. The average Bonchev–Trinajstić information content (AvgIpc) is 3.09. The summed E-state index contributed by atoms with van der Waals surface area (Å²) in [6.07, 6.45) is 14.7. The van der Waals surface area contributed by atoms with Crippen LogP contribution in [0.3, 0.4) is 0 Å². The summed E-state index contributed by atoms with van der Waals surface area (Å²) in [4.78, 5) is 11.4. The summed E-state index contributed by atoms with van der Waals surface area (Å²) in [5, 5.41) is 14.1. The zero-order valence-electron chi connectivity index (χ0n) is 19.2. The van der Waals surface area contributed by atoms with E-state index in [2.05, 4.69) is 33.0 Å². The molecule has 0 aromatic carbocycles. The Morgan fingerprint density at radius 3 is 2.31 bits per heavy atom. The van der Waals surface area contributed by atoms with Crippen LogP contribution in [0.4, 0.5) is 0 Å². The van der Waals surface area contributed by atoms with Gasteiger partial charge in [0.15, 0.2) is 0 Å². The standard InChI is InChI=1S/C26H43NO2/c1-23(2)20-10-13-24(3)18-9-15-26(27-16-28)12-5-6-19(26)17(18)7-8-21(24)25(20,4)14-11-22(23)29/h16-22,29H,5-15H2,1-4H3,(H,27,28). The number of carbonyl (C=O) groups excluding carboxylic acids is 1. The van der Waals surface area contributed by atoms with Crippen molar-refractivity contribution in [3.05, 3.63) is 0 Å². The molecule has 0 saturated heterocycles. The maximum atomic E-state index is 11.4. The molecule has 0 aromatic heterocycles. The van der Waals surface area contributed by atoms with Gasteiger partial charge in [-0.2, -0.15) is 0 Å². The van der Waals surface area contributed by atoms with E-state index in [0.29, 0.717) is 22.7 Å². The van der Waals surface area contributed by atoms with Crippen molar-refractivity contribution in [3.8, 4) is 0 Å². The van der Waals surface area contributed by atoms with Gasteiger partial charge in [-0.05, 0) is 110 Å². The topological polar surface area (TPSA) is 49.3 Å². The highest BCUT2D eigenvalue weighted by molar-refractivity contribution is 5.48. The highest BCUT2D eigenvalue weighted by Crippen LogP contribution is 2.71. The van der Waals surface area contributed by atoms with Crippen molar-refractivity contribution < 1.29 is 9.90 Å². The lowest BCUT2D eigenvalue weighted by molar-refractivity contribution is -0.211. The number of aliphatic hydroxyl groups is 1. The molecule has 3 heteroatoms. The molecule has 5 aliphatic rings. The van der Waals surface area contributed by atoms with Crippen LogP contribution in [0.5, 0.6) is 0 Å². The van der Waals surface area contributed by atoms with E-state index in [4.69, 9.17) is 0 Å². The molecule has 29 heavy (non-hydrogen) atoms. The van der Waals surface area contributed by atoms with E-state index in [1.54, 1.807) is 0 Å². The number of hydrogen-bond acceptors (Lipinski definition) is 2. The van der Waals surface area contributed by atoms with Crippen LogP contribution in [0, 0.1) is 45.8 Å². The van der Waals surface area contributed by atoms with Crippen LogP contribution in [-0.2, 0) is 4.79 Å². The summed E-state index contributed by atoms with van der Waals surface area (Å²) in [5.74, 6) is 3.80. The molecule has 0 aromatic rings. The molecule has 5 fully saturated rings. The number of nitrogens with one attached hydrogen (secondary N) is 1. The summed E-state index contributed by atoms with van der Waals surface area (Å²) in [6.45, 7) is 9.94. The molecule has 9 atom stereocenters. The zero-order valence-corrected chi connectivity index (χ0v) is 19.2. The Hall–Kier alpha value is -0.570. The van der Waals surface area contributed by atoms with Gasteiger partial charge in [-0.1, -0.05) is 34.1 Å². The lowest BCUT2D eigenvalue weighted by atomic mass is 9.36. The van der Waals surface area contributed by atoms with Crippen LogP contribution in [0.1, 0.15) is 98.3 Å². The molecule has 3 nitrogen and oxygen atoms in total. The van der Waals surface area contributed by atoms with E-state index in [1.807, 2.05) is 0 Å². The molecule has 0 heterocycles. The smallest absolute Gasteiger partial charge is 0.207 e. The first kappa shape index (κ1) is 20.3. The number of carbonyl (C=O) groups is 1. The molecule has 1 amide bonds. The second-order valence-corrected chi connectivity index (χ2v) is 12.8. The minimum absolute atomic E-state index is 0.0478. The van der Waals surface area contributed by atoms with Gasteiger partial charge in [-0.3, -0.25) is 4.79 Å². The molecular weight excluding hydrogens is 358 g/mol. The van der Waals surface area contributed by atoms with Crippen LogP contribution < -0.4 is 5.32 Å². The van der Waals surface area contributed by atoms with Crippen molar-refractivity contribution >= 4 is 6.41 Å². The predicted molar refractivity (Wildman–Crippen MR) is 116 cm³/mol. The van der Waals surface area contributed by atoms with Gasteiger partial charge in [0.05, 0.1) is 6.10 Å².